The molecule has 2 saturated heterocycles. The van der Waals surface area contributed by atoms with Crippen molar-refractivity contribution in [2.24, 2.45) is 17.6 Å². The van der Waals surface area contributed by atoms with Gasteiger partial charge in [-0.15, -0.1) is 0 Å². The molecule has 180 valence electrons. The van der Waals surface area contributed by atoms with Crippen molar-refractivity contribution in [3.05, 3.63) is 23.5 Å². The summed E-state index contributed by atoms with van der Waals surface area (Å²) in [6, 6.07) is 1.93. The fourth-order valence-electron chi connectivity index (χ4n) is 5.82. The third-order valence-corrected chi connectivity index (χ3v) is 7.79. The zero-order valence-electron chi connectivity index (χ0n) is 19.5. The largest absolute Gasteiger partial charge is 0.355 e. The van der Waals surface area contributed by atoms with Gasteiger partial charge < -0.3 is 15.5 Å². The van der Waals surface area contributed by atoms with Gasteiger partial charge in [-0.3, -0.25) is 4.79 Å². The van der Waals surface area contributed by atoms with Crippen LogP contribution in [0.5, 0.6) is 0 Å². The maximum absolute atomic E-state index is 14.3. The second-order valence-electron chi connectivity index (χ2n) is 10.2. The lowest BCUT2D eigenvalue weighted by atomic mass is 9.77. The zero-order valence-corrected chi connectivity index (χ0v) is 19.5. The lowest BCUT2D eigenvalue weighted by Crippen LogP contribution is -2.47. The van der Waals surface area contributed by atoms with Gasteiger partial charge in [0, 0.05) is 55.8 Å². The SMILES string of the molecule is Cc1cn2nc([C@@H]3CCCCN3C(=O)C3CC(F)CC(F)C3C)cc2nc1N1CC[C@H](N)C1. The molecule has 0 spiro atoms. The number of fused-ring (bicyclic) bond motifs is 1. The van der Waals surface area contributed by atoms with Crippen LogP contribution in [0.3, 0.4) is 0 Å². The van der Waals surface area contributed by atoms with Crippen molar-refractivity contribution in [2.45, 2.75) is 76.8 Å². The number of hydrogen-bond donors (Lipinski definition) is 1. The summed E-state index contributed by atoms with van der Waals surface area (Å²) in [4.78, 5) is 22.4. The summed E-state index contributed by atoms with van der Waals surface area (Å²) in [7, 11) is 0. The van der Waals surface area contributed by atoms with Crippen LogP contribution >= 0.6 is 0 Å². The number of nitrogens with zero attached hydrogens (tertiary/aromatic N) is 5. The molecule has 3 aliphatic rings. The van der Waals surface area contributed by atoms with Crippen LogP contribution in [0.25, 0.3) is 5.65 Å². The van der Waals surface area contributed by atoms with Crippen LogP contribution in [0.1, 0.15) is 62.7 Å². The van der Waals surface area contributed by atoms with Crippen molar-refractivity contribution < 1.29 is 13.6 Å². The molecule has 9 heteroatoms. The summed E-state index contributed by atoms with van der Waals surface area (Å²) in [5.41, 5.74) is 8.65. The van der Waals surface area contributed by atoms with Gasteiger partial charge in [0.2, 0.25) is 5.91 Å². The minimum Gasteiger partial charge on any atom is -0.355 e. The fourth-order valence-corrected chi connectivity index (χ4v) is 5.82. The molecule has 2 aromatic heterocycles. The lowest BCUT2D eigenvalue weighted by molar-refractivity contribution is -0.145. The minimum atomic E-state index is -1.27. The highest BCUT2D eigenvalue weighted by molar-refractivity contribution is 5.80. The van der Waals surface area contributed by atoms with E-state index in [1.54, 1.807) is 11.4 Å². The molecule has 3 fully saturated rings. The molecule has 0 bridgehead atoms. The predicted molar refractivity (Wildman–Crippen MR) is 123 cm³/mol. The third kappa shape index (κ3) is 4.20. The van der Waals surface area contributed by atoms with Crippen LogP contribution in [-0.4, -0.2) is 63.4 Å². The van der Waals surface area contributed by atoms with Gasteiger partial charge in [0.15, 0.2) is 5.65 Å². The maximum atomic E-state index is 14.3. The first-order valence-corrected chi connectivity index (χ1v) is 12.3. The van der Waals surface area contributed by atoms with Crippen molar-refractivity contribution in [1.82, 2.24) is 19.5 Å². The number of anilines is 1. The molecule has 6 atom stereocenters. The summed E-state index contributed by atoms with van der Waals surface area (Å²) < 4.78 is 30.2. The number of aryl methyl sites for hydroxylation is 1. The minimum absolute atomic E-state index is 0.101. The molecule has 4 unspecified atom stereocenters. The number of carbonyl (C=O) groups is 1. The lowest BCUT2D eigenvalue weighted by Gasteiger charge is -2.40. The first-order valence-electron chi connectivity index (χ1n) is 12.3. The topological polar surface area (TPSA) is 79.8 Å². The molecule has 0 radical (unpaired) electrons. The molecule has 1 saturated carbocycles. The summed E-state index contributed by atoms with van der Waals surface area (Å²) in [5.74, 6) is -0.290. The van der Waals surface area contributed by atoms with Crippen LogP contribution < -0.4 is 10.6 Å². The third-order valence-electron chi connectivity index (χ3n) is 7.79. The van der Waals surface area contributed by atoms with Gasteiger partial charge in [0.05, 0.1) is 11.7 Å². The summed E-state index contributed by atoms with van der Waals surface area (Å²) in [6.45, 7) is 6.04. The van der Waals surface area contributed by atoms with Crippen molar-refractivity contribution in [2.75, 3.05) is 24.5 Å². The quantitative estimate of drug-likeness (QED) is 0.760. The molecule has 2 aliphatic heterocycles. The van der Waals surface area contributed by atoms with Crippen LogP contribution in [0.2, 0.25) is 0 Å². The van der Waals surface area contributed by atoms with E-state index >= 15 is 0 Å². The van der Waals surface area contributed by atoms with Gasteiger partial charge in [-0.2, -0.15) is 5.10 Å². The zero-order chi connectivity index (χ0) is 23.3. The van der Waals surface area contributed by atoms with Gasteiger partial charge in [0.1, 0.15) is 18.2 Å². The molecule has 7 nitrogen and oxygen atoms in total. The van der Waals surface area contributed by atoms with Gasteiger partial charge in [-0.1, -0.05) is 6.92 Å². The second-order valence-corrected chi connectivity index (χ2v) is 10.2. The van der Waals surface area contributed by atoms with E-state index < -0.39 is 24.2 Å². The Kier molecular flexibility index (Phi) is 6.01. The summed E-state index contributed by atoms with van der Waals surface area (Å²) in [5, 5.41) is 4.78. The van der Waals surface area contributed by atoms with Crippen LogP contribution in [0.15, 0.2) is 12.3 Å². The average Bonchev–Trinajstić information content (AvgIpc) is 3.40. The molecule has 4 heterocycles. The van der Waals surface area contributed by atoms with E-state index in [-0.39, 0.29) is 30.8 Å². The number of halogens is 2. The Morgan fingerprint density at radius 1 is 1.18 bits per heavy atom. The van der Waals surface area contributed by atoms with E-state index in [2.05, 4.69) is 4.90 Å². The normalized spacial score (nSPS) is 33.1. The summed E-state index contributed by atoms with van der Waals surface area (Å²) >= 11 is 0. The molecule has 2 N–H and O–H groups in total. The number of rotatable bonds is 3. The predicted octanol–water partition coefficient (Wildman–Crippen LogP) is 3.35. The molecule has 1 aliphatic carbocycles. The highest BCUT2D eigenvalue weighted by Gasteiger charge is 2.43. The molecule has 0 aromatic carbocycles. The van der Waals surface area contributed by atoms with E-state index in [4.69, 9.17) is 15.8 Å². The monoisotopic (exact) mass is 460 g/mol. The van der Waals surface area contributed by atoms with E-state index in [0.29, 0.717) is 6.54 Å². The molecular formula is C24H34F2N6O. The maximum Gasteiger partial charge on any atom is 0.226 e. The van der Waals surface area contributed by atoms with Gasteiger partial charge in [0.25, 0.3) is 0 Å². The van der Waals surface area contributed by atoms with Gasteiger partial charge in [-0.25, -0.2) is 18.3 Å². The molecular weight excluding hydrogens is 426 g/mol. The molecule has 2 aromatic rings. The van der Waals surface area contributed by atoms with Crippen molar-refractivity contribution >= 4 is 17.4 Å². The Morgan fingerprint density at radius 2 is 2.00 bits per heavy atom. The van der Waals surface area contributed by atoms with Crippen LogP contribution in [0.4, 0.5) is 14.6 Å². The number of likely N-dealkylation sites (tertiary alicyclic amines) is 1. The Labute approximate surface area is 193 Å². The second kappa shape index (κ2) is 8.81. The van der Waals surface area contributed by atoms with E-state index in [9.17, 15) is 13.6 Å². The number of amides is 1. The molecule has 33 heavy (non-hydrogen) atoms. The Bertz CT molecular complexity index is 1030. The van der Waals surface area contributed by atoms with Crippen molar-refractivity contribution in [3.63, 3.8) is 0 Å². The Balaban J connectivity index is 1.43. The van der Waals surface area contributed by atoms with Crippen LogP contribution in [0, 0.1) is 18.8 Å². The fraction of sp³-hybridized carbons (Fsp3) is 0.708. The highest BCUT2D eigenvalue weighted by Crippen LogP contribution is 2.39. The summed E-state index contributed by atoms with van der Waals surface area (Å²) in [6.07, 6.45) is 3.08. The number of nitrogens with two attached hydrogens (primary N) is 1. The number of carbonyl (C=O) groups excluding carboxylic acids is 1. The average molecular weight is 461 g/mol. The number of piperidine rings is 1. The number of alkyl halides is 2. The van der Waals surface area contributed by atoms with E-state index in [1.165, 1.54) is 0 Å². The highest BCUT2D eigenvalue weighted by atomic mass is 19.1. The van der Waals surface area contributed by atoms with Gasteiger partial charge in [-0.05, 0) is 44.9 Å². The van der Waals surface area contributed by atoms with Crippen molar-refractivity contribution in [3.8, 4) is 0 Å². The smallest absolute Gasteiger partial charge is 0.226 e. The number of hydrogen-bond acceptors (Lipinski definition) is 5. The van der Waals surface area contributed by atoms with Gasteiger partial charge >= 0.3 is 0 Å². The molecule has 1 amide bonds. The first-order chi connectivity index (χ1) is 15.8. The molecule has 5 rings (SSSR count). The number of aromatic nitrogens is 3. The standard InChI is InChI=1S/C24H34F2N6O/c1-14-12-32-22(28-23(14)30-8-6-17(27)13-30)11-20(29-32)21-5-3-4-7-31(21)24(33)18-9-16(25)10-19(26)15(18)2/h11-12,15-19,21H,3-10,13,27H2,1-2H3/t15?,16?,17-,18?,19?,21-/m0/s1. The first kappa shape index (κ1) is 22.5. The van der Waals surface area contributed by atoms with E-state index in [0.717, 1.165) is 61.5 Å². The van der Waals surface area contributed by atoms with E-state index in [1.807, 2.05) is 24.1 Å². The van der Waals surface area contributed by atoms with Crippen LogP contribution in [-0.2, 0) is 4.79 Å². The Morgan fingerprint density at radius 3 is 2.76 bits per heavy atom. The Hall–Kier alpha value is -2.29. The van der Waals surface area contributed by atoms with Crippen molar-refractivity contribution in [1.29, 1.82) is 0 Å².